The first-order chi connectivity index (χ1) is 8.61. The third-order valence-corrected chi connectivity index (χ3v) is 2.70. The molecule has 0 amide bonds. The molecule has 0 saturated heterocycles. The number of hydrogen-bond donors (Lipinski definition) is 1. The lowest BCUT2D eigenvalue weighted by atomic mass is 10.0. The molecule has 1 heterocycles. The van der Waals surface area contributed by atoms with Gasteiger partial charge in [0.2, 0.25) is 5.88 Å². The molecule has 0 bridgehead atoms. The Kier molecular flexibility index (Phi) is 3.58. The van der Waals surface area contributed by atoms with E-state index in [0.29, 0.717) is 11.6 Å². The summed E-state index contributed by atoms with van der Waals surface area (Å²) >= 11 is 0. The van der Waals surface area contributed by atoms with E-state index in [1.807, 2.05) is 26.0 Å². The van der Waals surface area contributed by atoms with E-state index in [9.17, 15) is 5.11 Å². The van der Waals surface area contributed by atoms with E-state index in [0.717, 1.165) is 16.7 Å². The van der Waals surface area contributed by atoms with E-state index in [2.05, 4.69) is 16.0 Å². The highest BCUT2D eigenvalue weighted by atomic mass is 16.5. The minimum Gasteiger partial charge on any atom is -0.480 e. The molecule has 1 aromatic carbocycles. The molecule has 0 spiro atoms. The van der Waals surface area contributed by atoms with E-state index in [-0.39, 0.29) is 0 Å². The fourth-order valence-corrected chi connectivity index (χ4v) is 2.01. The van der Waals surface area contributed by atoms with Crippen LogP contribution in [0.5, 0.6) is 5.88 Å². The van der Waals surface area contributed by atoms with Crippen LogP contribution in [-0.4, -0.2) is 22.2 Å². The Morgan fingerprint density at radius 3 is 2.28 bits per heavy atom. The third-order valence-electron chi connectivity index (χ3n) is 2.70. The summed E-state index contributed by atoms with van der Waals surface area (Å²) in [4.78, 5) is 8.19. The van der Waals surface area contributed by atoms with E-state index < -0.39 is 6.10 Å². The molecule has 0 aliphatic rings. The van der Waals surface area contributed by atoms with Crippen LogP contribution < -0.4 is 4.74 Å². The number of rotatable bonds is 3. The highest BCUT2D eigenvalue weighted by Crippen LogP contribution is 2.27. The molecule has 0 aliphatic heterocycles. The lowest BCUT2D eigenvalue weighted by molar-refractivity contribution is 0.207. The van der Waals surface area contributed by atoms with Gasteiger partial charge in [0.25, 0.3) is 0 Å². The van der Waals surface area contributed by atoms with Crippen molar-refractivity contribution in [1.82, 2.24) is 9.97 Å². The molecule has 4 nitrogen and oxygen atoms in total. The van der Waals surface area contributed by atoms with Crippen molar-refractivity contribution in [2.75, 3.05) is 7.11 Å². The molecule has 1 unspecified atom stereocenters. The van der Waals surface area contributed by atoms with Crippen LogP contribution >= 0.6 is 0 Å². The fraction of sp³-hybridized carbons (Fsp3) is 0.286. The molecule has 1 aromatic heterocycles. The van der Waals surface area contributed by atoms with Crippen molar-refractivity contribution < 1.29 is 9.84 Å². The van der Waals surface area contributed by atoms with Crippen molar-refractivity contribution in [3.63, 3.8) is 0 Å². The highest BCUT2D eigenvalue weighted by molar-refractivity contribution is 5.35. The second-order valence-electron chi connectivity index (χ2n) is 4.27. The number of nitrogens with zero attached hydrogens (tertiary/aromatic N) is 2. The van der Waals surface area contributed by atoms with Gasteiger partial charge in [-0.15, -0.1) is 0 Å². The summed E-state index contributed by atoms with van der Waals surface area (Å²) in [7, 11) is 1.52. The Hall–Kier alpha value is -1.94. The predicted octanol–water partition coefficient (Wildman–Crippen LogP) is 2.18. The normalized spacial score (nSPS) is 12.2. The Labute approximate surface area is 106 Å². The summed E-state index contributed by atoms with van der Waals surface area (Å²) in [6.07, 6.45) is 2.26. The molecule has 0 saturated carbocycles. The van der Waals surface area contributed by atoms with Crippen LogP contribution in [0, 0.1) is 13.8 Å². The van der Waals surface area contributed by atoms with Crippen LogP contribution in [0.25, 0.3) is 0 Å². The van der Waals surface area contributed by atoms with Crippen molar-refractivity contribution in [3.05, 3.63) is 53.0 Å². The molecule has 4 heteroatoms. The van der Waals surface area contributed by atoms with Crippen LogP contribution in [0.4, 0.5) is 0 Å². The monoisotopic (exact) mass is 244 g/mol. The van der Waals surface area contributed by atoms with Crippen LogP contribution in [0.1, 0.15) is 28.5 Å². The summed E-state index contributed by atoms with van der Waals surface area (Å²) < 4.78 is 5.11. The molecule has 1 atom stereocenters. The molecule has 0 aliphatic carbocycles. The zero-order chi connectivity index (χ0) is 13.1. The Balaban J connectivity index is 2.44. The van der Waals surface area contributed by atoms with Gasteiger partial charge >= 0.3 is 0 Å². The SMILES string of the molecule is COc1nccnc1C(O)c1cc(C)cc(C)c1. The largest absolute Gasteiger partial charge is 0.480 e. The molecule has 1 N–H and O–H groups in total. The van der Waals surface area contributed by atoms with Gasteiger partial charge in [0, 0.05) is 12.4 Å². The first-order valence-corrected chi connectivity index (χ1v) is 5.73. The second-order valence-corrected chi connectivity index (χ2v) is 4.27. The van der Waals surface area contributed by atoms with Crippen molar-refractivity contribution in [2.24, 2.45) is 0 Å². The van der Waals surface area contributed by atoms with E-state index in [4.69, 9.17) is 4.74 Å². The molecule has 0 fully saturated rings. The highest BCUT2D eigenvalue weighted by Gasteiger charge is 2.18. The zero-order valence-electron chi connectivity index (χ0n) is 10.7. The summed E-state index contributed by atoms with van der Waals surface area (Å²) in [5.41, 5.74) is 3.44. The van der Waals surface area contributed by atoms with Gasteiger partial charge in [-0.25, -0.2) is 4.98 Å². The average molecular weight is 244 g/mol. The van der Waals surface area contributed by atoms with Gasteiger partial charge in [0.1, 0.15) is 11.8 Å². The maximum Gasteiger partial charge on any atom is 0.238 e. The van der Waals surface area contributed by atoms with E-state index >= 15 is 0 Å². The van der Waals surface area contributed by atoms with Gasteiger partial charge in [-0.2, -0.15) is 0 Å². The summed E-state index contributed by atoms with van der Waals surface area (Å²) in [6.45, 7) is 3.99. The number of ether oxygens (including phenoxy) is 1. The standard InChI is InChI=1S/C14H16N2O2/c1-9-6-10(2)8-11(7-9)13(17)12-14(18-3)16-5-4-15-12/h4-8,13,17H,1-3H3. The molecular weight excluding hydrogens is 228 g/mol. The molecular formula is C14H16N2O2. The first kappa shape index (κ1) is 12.5. The van der Waals surface area contributed by atoms with Crippen molar-refractivity contribution >= 4 is 0 Å². The van der Waals surface area contributed by atoms with Gasteiger partial charge in [0.05, 0.1) is 7.11 Å². The molecule has 0 radical (unpaired) electrons. The lowest BCUT2D eigenvalue weighted by Gasteiger charge is -2.14. The number of hydrogen-bond acceptors (Lipinski definition) is 4. The van der Waals surface area contributed by atoms with E-state index in [1.54, 1.807) is 6.20 Å². The predicted molar refractivity (Wildman–Crippen MR) is 68.6 cm³/mol. The minimum absolute atomic E-state index is 0.351. The number of aliphatic hydroxyl groups excluding tert-OH is 1. The Bertz CT molecular complexity index is 535. The maximum absolute atomic E-state index is 10.4. The Morgan fingerprint density at radius 1 is 1.06 bits per heavy atom. The molecule has 2 aromatic rings. The number of aliphatic hydroxyl groups is 1. The van der Waals surface area contributed by atoms with Gasteiger partial charge < -0.3 is 9.84 Å². The average Bonchev–Trinajstić information content (AvgIpc) is 2.36. The van der Waals surface area contributed by atoms with Crippen LogP contribution in [0.3, 0.4) is 0 Å². The van der Waals surface area contributed by atoms with Crippen LogP contribution in [0.15, 0.2) is 30.6 Å². The van der Waals surface area contributed by atoms with Gasteiger partial charge in [-0.1, -0.05) is 29.3 Å². The van der Waals surface area contributed by atoms with E-state index in [1.165, 1.54) is 13.3 Å². The van der Waals surface area contributed by atoms with Gasteiger partial charge in [0.15, 0.2) is 0 Å². The van der Waals surface area contributed by atoms with Crippen molar-refractivity contribution in [3.8, 4) is 5.88 Å². The number of aryl methyl sites for hydroxylation is 2. The van der Waals surface area contributed by atoms with Gasteiger partial charge in [-0.3, -0.25) is 4.98 Å². The number of aromatic nitrogens is 2. The summed E-state index contributed by atoms with van der Waals surface area (Å²) in [5.74, 6) is 0.351. The molecule has 2 rings (SSSR count). The van der Waals surface area contributed by atoms with Crippen LogP contribution in [-0.2, 0) is 0 Å². The van der Waals surface area contributed by atoms with Gasteiger partial charge in [-0.05, 0) is 19.4 Å². The zero-order valence-corrected chi connectivity index (χ0v) is 10.7. The molecule has 94 valence electrons. The Morgan fingerprint density at radius 2 is 1.67 bits per heavy atom. The van der Waals surface area contributed by atoms with Crippen molar-refractivity contribution in [2.45, 2.75) is 20.0 Å². The summed E-state index contributed by atoms with van der Waals surface area (Å²) in [5, 5.41) is 10.4. The lowest BCUT2D eigenvalue weighted by Crippen LogP contribution is -2.06. The second kappa shape index (κ2) is 5.14. The maximum atomic E-state index is 10.4. The number of benzene rings is 1. The molecule has 18 heavy (non-hydrogen) atoms. The quantitative estimate of drug-likeness (QED) is 0.899. The fourth-order valence-electron chi connectivity index (χ4n) is 2.01. The minimum atomic E-state index is -0.827. The smallest absolute Gasteiger partial charge is 0.238 e. The first-order valence-electron chi connectivity index (χ1n) is 5.73. The summed E-state index contributed by atoms with van der Waals surface area (Å²) in [6, 6.07) is 5.93. The number of methoxy groups -OCH3 is 1. The van der Waals surface area contributed by atoms with Crippen molar-refractivity contribution in [1.29, 1.82) is 0 Å². The van der Waals surface area contributed by atoms with Crippen LogP contribution in [0.2, 0.25) is 0 Å². The topological polar surface area (TPSA) is 55.2 Å². The third kappa shape index (κ3) is 2.49.